The van der Waals surface area contributed by atoms with Crippen LogP contribution < -0.4 is 5.32 Å². The smallest absolute Gasteiger partial charge is 0.00964 e. The van der Waals surface area contributed by atoms with Crippen LogP contribution in [-0.4, -0.2) is 36.6 Å². The van der Waals surface area contributed by atoms with E-state index in [1.54, 1.807) is 0 Å². The van der Waals surface area contributed by atoms with Gasteiger partial charge in [0.1, 0.15) is 0 Å². The van der Waals surface area contributed by atoms with Crippen molar-refractivity contribution in [1.29, 1.82) is 0 Å². The maximum absolute atomic E-state index is 3.62. The van der Waals surface area contributed by atoms with Gasteiger partial charge in [-0.1, -0.05) is 6.92 Å². The molecule has 1 aliphatic heterocycles. The minimum absolute atomic E-state index is 0.815. The van der Waals surface area contributed by atoms with Crippen LogP contribution in [0, 0.1) is 0 Å². The van der Waals surface area contributed by atoms with Crippen molar-refractivity contribution in [1.82, 2.24) is 10.2 Å². The van der Waals surface area contributed by atoms with Gasteiger partial charge in [-0.2, -0.15) is 0 Å². The van der Waals surface area contributed by atoms with Crippen LogP contribution in [-0.2, 0) is 0 Å². The molecule has 1 heterocycles. The molecule has 1 saturated heterocycles. The van der Waals surface area contributed by atoms with E-state index in [1.165, 1.54) is 51.7 Å². The molecule has 1 saturated carbocycles. The fraction of sp³-hybridized carbons (Fsp3) is 1.00. The summed E-state index contributed by atoms with van der Waals surface area (Å²) in [6.07, 6.45) is 6.94. The van der Waals surface area contributed by atoms with Gasteiger partial charge in [-0.3, -0.25) is 0 Å². The summed E-state index contributed by atoms with van der Waals surface area (Å²) >= 11 is 0. The molecule has 1 N–H and O–H groups in total. The van der Waals surface area contributed by atoms with Crippen molar-refractivity contribution in [3.63, 3.8) is 0 Å². The van der Waals surface area contributed by atoms with E-state index in [-0.39, 0.29) is 0 Å². The van der Waals surface area contributed by atoms with Gasteiger partial charge in [0.2, 0.25) is 0 Å². The Bertz CT molecular complexity index is 146. The number of nitrogens with zero attached hydrogens (tertiary/aromatic N) is 1. The van der Waals surface area contributed by atoms with Gasteiger partial charge in [0, 0.05) is 12.1 Å². The molecule has 0 amide bonds. The third-order valence-electron chi connectivity index (χ3n) is 3.28. The van der Waals surface area contributed by atoms with Crippen LogP contribution in [0.3, 0.4) is 0 Å². The van der Waals surface area contributed by atoms with Crippen molar-refractivity contribution < 1.29 is 0 Å². The van der Waals surface area contributed by atoms with Gasteiger partial charge < -0.3 is 10.2 Å². The predicted octanol–water partition coefficient (Wildman–Crippen LogP) is 1.61. The number of rotatable bonds is 4. The molecule has 0 bridgehead atoms. The van der Waals surface area contributed by atoms with E-state index in [1.807, 2.05) is 0 Å². The number of nitrogens with one attached hydrogen (secondary N) is 1. The summed E-state index contributed by atoms with van der Waals surface area (Å²) in [4.78, 5) is 2.68. The minimum Gasteiger partial charge on any atom is -0.314 e. The van der Waals surface area contributed by atoms with Crippen LogP contribution in [0.2, 0.25) is 0 Å². The molecule has 0 atom stereocenters. The van der Waals surface area contributed by atoms with Crippen LogP contribution in [0.25, 0.3) is 0 Å². The maximum Gasteiger partial charge on any atom is 0.00964 e. The quantitative estimate of drug-likeness (QED) is 0.710. The molecule has 2 fully saturated rings. The van der Waals surface area contributed by atoms with E-state index < -0.39 is 0 Å². The molecule has 2 nitrogen and oxygen atoms in total. The molecule has 13 heavy (non-hydrogen) atoms. The Labute approximate surface area is 81.7 Å². The molecular weight excluding hydrogens is 160 g/mol. The van der Waals surface area contributed by atoms with Crippen molar-refractivity contribution in [2.75, 3.05) is 19.6 Å². The van der Waals surface area contributed by atoms with Crippen molar-refractivity contribution in [3.05, 3.63) is 0 Å². The second kappa shape index (κ2) is 4.43. The number of piperidine rings is 1. The van der Waals surface area contributed by atoms with E-state index in [2.05, 4.69) is 17.1 Å². The zero-order valence-corrected chi connectivity index (χ0v) is 8.76. The van der Waals surface area contributed by atoms with Crippen molar-refractivity contribution >= 4 is 0 Å². The Morgan fingerprint density at radius 3 is 2.38 bits per heavy atom. The third kappa shape index (κ3) is 2.68. The Hall–Kier alpha value is -0.0800. The average Bonchev–Trinajstić information content (AvgIpc) is 2.99. The highest BCUT2D eigenvalue weighted by molar-refractivity contribution is 4.88. The number of hydrogen-bond acceptors (Lipinski definition) is 2. The molecule has 76 valence electrons. The molecule has 2 heteroatoms. The predicted molar refractivity (Wildman–Crippen MR) is 55.9 cm³/mol. The van der Waals surface area contributed by atoms with Crippen LogP contribution >= 0.6 is 0 Å². The zero-order valence-electron chi connectivity index (χ0n) is 8.76. The van der Waals surface area contributed by atoms with Gasteiger partial charge in [0.15, 0.2) is 0 Å². The number of hydrogen-bond donors (Lipinski definition) is 1. The summed E-state index contributed by atoms with van der Waals surface area (Å²) < 4.78 is 0. The van der Waals surface area contributed by atoms with Gasteiger partial charge in [0.25, 0.3) is 0 Å². The summed E-state index contributed by atoms with van der Waals surface area (Å²) in [6.45, 7) is 6.12. The molecule has 0 aromatic rings. The standard InChI is InChI=1S/C11H22N2/c1-2-7-12-10-5-8-13(9-6-10)11-3-4-11/h10-12H,2-9H2,1H3. The summed E-state index contributed by atoms with van der Waals surface area (Å²) in [5, 5.41) is 3.62. The van der Waals surface area contributed by atoms with Gasteiger partial charge in [-0.15, -0.1) is 0 Å². The van der Waals surface area contributed by atoms with Crippen molar-refractivity contribution in [3.8, 4) is 0 Å². The Morgan fingerprint density at radius 1 is 1.15 bits per heavy atom. The monoisotopic (exact) mass is 182 g/mol. The average molecular weight is 182 g/mol. The van der Waals surface area contributed by atoms with Crippen LogP contribution in [0.1, 0.15) is 39.0 Å². The first-order valence-corrected chi connectivity index (χ1v) is 5.87. The lowest BCUT2D eigenvalue weighted by molar-refractivity contribution is 0.190. The normalized spacial score (nSPS) is 26.5. The molecule has 0 spiro atoms. The summed E-state index contributed by atoms with van der Waals surface area (Å²) in [5.74, 6) is 0. The lowest BCUT2D eigenvalue weighted by atomic mass is 10.0. The molecule has 2 aliphatic rings. The van der Waals surface area contributed by atoms with Gasteiger partial charge >= 0.3 is 0 Å². The molecule has 1 aliphatic carbocycles. The molecule has 0 radical (unpaired) electrons. The van der Waals surface area contributed by atoms with E-state index in [4.69, 9.17) is 0 Å². The van der Waals surface area contributed by atoms with Crippen molar-refractivity contribution in [2.24, 2.45) is 0 Å². The Balaban J connectivity index is 1.63. The third-order valence-corrected chi connectivity index (χ3v) is 3.28. The van der Waals surface area contributed by atoms with Gasteiger partial charge in [-0.25, -0.2) is 0 Å². The van der Waals surface area contributed by atoms with Gasteiger partial charge in [-0.05, 0) is 51.7 Å². The summed E-state index contributed by atoms with van der Waals surface area (Å²) in [6, 6.07) is 1.79. The SMILES string of the molecule is CCCNC1CCN(C2CC2)CC1. The maximum atomic E-state index is 3.62. The number of likely N-dealkylation sites (tertiary alicyclic amines) is 1. The molecule has 0 unspecified atom stereocenters. The molecular formula is C11H22N2. The summed E-state index contributed by atoms with van der Waals surface area (Å²) in [5.41, 5.74) is 0. The fourth-order valence-corrected chi connectivity index (χ4v) is 2.26. The molecule has 2 rings (SSSR count). The highest BCUT2D eigenvalue weighted by Crippen LogP contribution is 2.29. The van der Waals surface area contributed by atoms with E-state index in [9.17, 15) is 0 Å². The Morgan fingerprint density at radius 2 is 1.85 bits per heavy atom. The molecule has 0 aromatic carbocycles. The highest BCUT2D eigenvalue weighted by atomic mass is 15.2. The first kappa shape index (κ1) is 9.47. The lowest BCUT2D eigenvalue weighted by Crippen LogP contribution is -2.43. The van der Waals surface area contributed by atoms with E-state index in [0.717, 1.165) is 12.1 Å². The minimum atomic E-state index is 0.815. The van der Waals surface area contributed by atoms with Crippen molar-refractivity contribution in [2.45, 2.75) is 51.1 Å². The van der Waals surface area contributed by atoms with Gasteiger partial charge in [0.05, 0.1) is 0 Å². The highest BCUT2D eigenvalue weighted by Gasteiger charge is 2.31. The fourth-order valence-electron chi connectivity index (χ4n) is 2.26. The second-order valence-electron chi connectivity index (χ2n) is 4.50. The first-order chi connectivity index (χ1) is 6.40. The van der Waals surface area contributed by atoms with Crippen LogP contribution in [0.15, 0.2) is 0 Å². The molecule has 0 aromatic heterocycles. The largest absolute Gasteiger partial charge is 0.314 e. The van der Waals surface area contributed by atoms with Crippen LogP contribution in [0.5, 0.6) is 0 Å². The lowest BCUT2D eigenvalue weighted by Gasteiger charge is -2.32. The van der Waals surface area contributed by atoms with Crippen LogP contribution in [0.4, 0.5) is 0 Å². The first-order valence-electron chi connectivity index (χ1n) is 5.87. The Kier molecular flexibility index (Phi) is 3.23. The van der Waals surface area contributed by atoms with E-state index in [0.29, 0.717) is 0 Å². The topological polar surface area (TPSA) is 15.3 Å². The van der Waals surface area contributed by atoms with E-state index >= 15 is 0 Å². The summed E-state index contributed by atoms with van der Waals surface area (Å²) in [7, 11) is 0. The second-order valence-corrected chi connectivity index (χ2v) is 4.50. The zero-order chi connectivity index (χ0) is 9.10.